The number of hydrogen-bond acceptors (Lipinski definition) is 2. The third-order valence-electron chi connectivity index (χ3n) is 6.31. The van der Waals surface area contributed by atoms with Crippen LogP contribution in [0.15, 0.2) is 18.2 Å². The largest absolute Gasteiger partial charge is 0.508 e. The lowest BCUT2D eigenvalue weighted by atomic mass is 9.57. The van der Waals surface area contributed by atoms with Crippen molar-refractivity contribution < 1.29 is 9.90 Å². The van der Waals surface area contributed by atoms with Crippen LogP contribution in [-0.2, 0) is 4.79 Å². The first-order valence-electron chi connectivity index (χ1n) is 8.06. The lowest BCUT2D eigenvalue weighted by Gasteiger charge is -2.46. The minimum absolute atomic E-state index is 0.0895. The van der Waals surface area contributed by atoms with E-state index in [2.05, 4.69) is 26.0 Å². The van der Waals surface area contributed by atoms with Gasteiger partial charge in [-0.05, 0) is 72.8 Å². The van der Waals surface area contributed by atoms with Gasteiger partial charge in [0.1, 0.15) is 11.5 Å². The van der Waals surface area contributed by atoms with Crippen LogP contribution >= 0.6 is 0 Å². The first-order chi connectivity index (χ1) is 10.0. The average molecular weight is 282 g/mol. The summed E-state index contributed by atoms with van der Waals surface area (Å²) in [4.78, 5) is 12.3. The van der Waals surface area contributed by atoms with Gasteiger partial charge in [0.25, 0.3) is 0 Å². The fourth-order valence-electron chi connectivity index (χ4n) is 5.24. The van der Waals surface area contributed by atoms with Crippen LogP contribution in [0.25, 0.3) is 6.08 Å². The quantitative estimate of drug-likeness (QED) is 0.774. The summed E-state index contributed by atoms with van der Waals surface area (Å²) in [5, 5.41) is 9.81. The summed E-state index contributed by atoms with van der Waals surface area (Å²) < 4.78 is 0. The first-order valence-corrected chi connectivity index (χ1v) is 8.06. The zero-order valence-corrected chi connectivity index (χ0v) is 12.7. The molecule has 0 spiro atoms. The highest BCUT2D eigenvalue weighted by Crippen LogP contribution is 2.59. The maximum Gasteiger partial charge on any atom is 0.139 e. The topological polar surface area (TPSA) is 37.3 Å². The molecule has 0 amide bonds. The number of rotatable bonds is 0. The number of benzene rings is 1. The van der Waals surface area contributed by atoms with Crippen LogP contribution in [0.3, 0.4) is 0 Å². The fourth-order valence-corrected chi connectivity index (χ4v) is 5.24. The van der Waals surface area contributed by atoms with Gasteiger partial charge in [0.15, 0.2) is 0 Å². The van der Waals surface area contributed by atoms with Gasteiger partial charge < -0.3 is 5.11 Å². The molecule has 0 radical (unpaired) electrons. The molecule has 0 bridgehead atoms. The first kappa shape index (κ1) is 13.1. The second kappa shape index (κ2) is 4.22. The molecule has 2 nitrogen and oxygen atoms in total. The molecule has 0 heterocycles. The van der Waals surface area contributed by atoms with E-state index < -0.39 is 0 Å². The van der Waals surface area contributed by atoms with E-state index in [0.717, 1.165) is 25.7 Å². The van der Waals surface area contributed by atoms with Crippen LogP contribution in [0.4, 0.5) is 0 Å². The molecule has 1 N–H and O–H groups in total. The third-order valence-corrected chi connectivity index (χ3v) is 6.31. The van der Waals surface area contributed by atoms with Crippen LogP contribution in [0.1, 0.15) is 55.2 Å². The number of fused-ring (bicyclic) bond motifs is 5. The van der Waals surface area contributed by atoms with E-state index in [0.29, 0.717) is 29.3 Å². The number of allylic oxidation sites excluding steroid dienone is 1. The number of Topliss-reactive ketones (excluding diaryl/α,β-unsaturated/α-hetero) is 1. The SMILES string of the molecule is Cc1cc(O)cc2c1[C@H]1CC[C@]3(C)C(=O)CC[C@H]3[C@H]1C=C2. The lowest BCUT2D eigenvalue weighted by Crippen LogP contribution is -2.41. The van der Waals surface area contributed by atoms with Gasteiger partial charge in [-0.25, -0.2) is 0 Å². The van der Waals surface area contributed by atoms with Gasteiger partial charge in [-0.15, -0.1) is 0 Å². The Kier molecular flexibility index (Phi) is 2.64. The number of carbonyl (C=O) groups excluding carboxylic acids is 1. The second-order valence-electron chi connectivity index (χ2n) is 7.33. The van der Waals surface area contributed by atoms with Crippen molar-refractivity contribution in [3.05, 3.63) is 34.9 Å². The van der Waals surface area contributed by atoms with E-state index in [-0.39, 0.29) is 5.41 Å². The Morgan fingerprint density at radius 1 is 1.29 bits per heavy atom. The predicted molar refractivity (Wildman–Crippen MR) is 83.2 cm³/mol. The Morgan fingerprint density at radius 3 is 2.90 bits per heavy atom. The number of ketones is 1. The predicted octanol–water partition coefficient (Wildman–Crippen LogP) is 4.21. The van der Waals surface area contributed by atoms with E-state index in [4.69, 9.17) is 0 Å². The van der Waals surface area contributed by atoms with Gasteiger partial charge in [-0.2, -0.15) is 0 Å². The monoisotopic (exact) mass is 282 g/mol. The number of phenols is 1. The van der Waals surface area contributed by atoms with Gasteiger partial charge in [0.05, 0.1) is 0 Å². The zero-order chi connectivity index (χ0) is 14.8. The Balaban J connectivity index is 1.80. The smallest absolute Gasteiger partial charge is 0.139 e. The molecule has 21 heavy (non-hydrogen) atoms. The zero-order valence-electron chi connectivity index (χ0n) is 12.7. The maximum atomic E-state index is 12.3. The number of phenolic OH excluding ortho intramolecular Hbond substituents is 1. The Labute approximate surface area is 125 Å². The van der Waals surface area contributed by atoms with E-state index in [1.807, 2.05) is 12.1 Å². The molecular formula is C19H22O2. The number of hydrogen-bond donors (Lipinski definition) is 1. The van der Waals surface area contributed by atoms with Crippen LogP contribution in [0.5, 0.6) is 5.75 Å². The van der Waals surface area contributed by atoms with Crippen molar-refractivity contribution in [2.24, 2.45) is 17.3 Å². The number of aryl methyl sites for hydroxylation is 1. The van der Waals surface area contributed by atoms with Crippen LogP contribution in [-0.4, -0.2) is 10.9 Å². The molecule has 3 aliphatic carbocycles. The summed E-state index contributed by atoms with van der Waals surface area (Å²) in [6.07, 6.45) is 8.40. The van der Waals surface area contributed by atoms with Crippen molar-refractivity contribution in [1.29, 1.82) is 0 Å². The highest BCUT2D eigenvalue weighted by Gasteiger charge is 2.53. The normalized spacial score (nSPS) is 37.0. The maximum absolute atomic E-state index is 12.3. The lowest BCUT2D eigenvalue weighted by molar-refractivity contribution is -0.128. The van der Waals surface area contributed by atoms with Crippen LogP contribution in [0.2, 0.25) is 0 Å². The molecule has 0 aliphatic heterocycles. The third kappa shape index (κ3) is 1.68. The highest BCUT2D eigenvalue weighted by atomic mass is 16.3. The molecule has 0 unspecified atom stereocenters. The summed E-state index contributed by atoms with van der Waals surface area (Å²) in [5.74, 6) is 2.35. The molecule has 0 aromatic heterocycles. The van der Waals surface area contributed by atoms with Gasteiger partial charge in [0, 0.05) is 11.8 Å². The van der Waals surface area contributed by atoms with E-state index >= 15 is 0 Å². The molecular weight excluding hydrogens is 260 g/mol. The minimum Gasteiger partial charge on any atom is -0.508 e. The second-order valence-corrected chi connectivity index (χ2v) is 7.33. The standard InChI is InChI=1S/C19H22O2/c1-11-9-13(20)10-12-3-4-14-15(18(11)12)7-8-19(2)16(14)5-6-17(19)21/h3-4,9-10,14-16,20H,5-8H2,1-2H3/t14-,15-,16-,19-/m0/s1. The van der Waals surface area contributed by atoms with Gasteiger partial charge in [-0.3, -0.25) is 4.79 Å². The van der Waals surface area contributed by atoms with E-state index in [9.17, 15) is 9.90 Å². The molecule has 2 heteroatoms. The molecule has 110 valence electrons. The molecule has 1 aromatic rings. The molecule has 2 saturated carbocycles. The molecule has 2 fully saturated rings. The van der Waals surface area contributed by atoms with Crippen molar-refractivity contribution in [1.82, 2.24) is 0 Å². The summed E-state index contributed by atoms with van der Waals surface area (Å²) in [6.45, 7) is 4.29. The van der Waals surface area contributed by atoms with Gasteiger partial charge in [-0.1, -0.05) is 19.1 Å². The molecule has 0 saturated heterocycles. The van der Waals surface area contributed by atoms with Crippen LogP contribution < -0.4 is 0 Å². The van der Waals surface area contributed by atoms with E-state index in [1.165, 1.54) is 16.7 Å². The van der Waals surface area contributed by atoms with E-state index in [1.54, 1.807) is 0 Å². The summed E-state index contributed by atoms with van der Waals surface area (Å²) in [6, 6.07) is 3.76. The molecule has 4 rings (SSSR count). The Morgan fingerprint density at radius 2 is 2.10 bits per heavy atom. The Hall–Kier alpha value is -1.57. The number of carbonyl (C=O) groups is 1. The van der Waals surface area contributed by atoms with Crippen molar-refractivity contribution in [2.75, 3.05) is 0 Å². The van der Waals surface area contributed by atoms with Crippen LogP contribution in [0, 0.1) is 24.2 Å². The fraction of sp³-hybridized carbons (Fsp3) is 0.526. The molecule has 4 atom stereocenters. The van der Waals surface area contributed by atoms with Crippen molar-refractivity contribution in [3.8, 4) is 5.75 Å². The highest BCUT2D eigenvalue weighted by molar-refractivity contribution is 5.87. The summed E-state index contributed by atoms with van der Waals surface area (Å²) >= 11 is 0. The summed E-state index contributed by atoms with van der Waals surface area (Å²) in [5.41, 5.74) is 3.68. The van der Waals surface area contributed by atoms with Gasteiger partial charge >= 0.3 is 0 Å². The number of aromatic hydroxyl groups is 1. The van der Waals surface area contributed by atoms with Crippen molar-refractivity contribution in [2.45, 2.75) is 45.4 Å². The average Bonchev–Trinajstić information content (AvgIpc) is 2.74. The van der Waals surface area contributed by atoms with Crippen molar-refractivity contribution >= 4 is 11.9 Å². The molecule has 3 aliphatic rings. The summed E-state index contributed by atoms with van der Waals surface area (Å²) in [7, 11) is 0. The molecule has 1 aromatic carbocycles. The van der Waals surface area contributed by atoms with Gasteiger partial charge in [0.2, 0.25) is 0 Å². The Bertz CT molecular complexity index is 658. The minimum atomic E-state index is -0.0895. The van der Waals surface area contributed by atoms with Crippen molar-refractivity contribution in [3.63, 3.8) is 0 Å².